The van der Waals surface area contributed by atoms with Crippen LogP contribution in [0.15, 0.2) is 18.3 Å². The van der Waals surface area contributed by atoms with Crippen LogP contribution < -0.4 is 5.32 Å². The van der Waals surface area contributed by atoms with Crippen LogP contribution in [0.5, 0.6) is 0 Å². The van der Waals surface area contributed by atoms with E-state index in [0.717, 1.165) is 17.1 Å². The highest BCUT2D eigenvalue weighted by Gasteiger charge is 2.14. The first-order chi connectivity index (χ1) is 8.45. The molecule has 0 aliphatic carbocycles. The number of hydrogen-bond donors (Lipinski definition) is 2. The molecule has 0 fully saturated rings. The van der Waals surface area contributed by atoms with Crippen molar-refractivity contribution in [3.05, 3.63) is 35.4 Å². The zero-order valence-electron chi connectivity index (χ0n) is 11.3. The Morgan fingerprint density at radius 1 is 1.22 bits per heavy atom. The van der Waals surface area contributed by atoms with Crippen LogP contribution in [0, 0.1) is 6.92 Å². The van der Waals surface area contributed by atoms with Gasteiger partial charge in [0.2, 0.25) is 5.95 Å². The normalized spacial score (nSPS) is 11.6. The third kappa shape index (κ3) is 3.06. The van der Waals surface area contributed by atoms with Crippen molar-refractivity contribution < 1.29 is 0 Å². The molecular weight excluding hydrogens is 226 g/mol. The summed E-state index contributed by atoms with van der Waals surface area (Å²) >= 11 is 0. The average molecular weight is 245 g/mol. The lowest BCUT2D eigenvalue weighted by molar-refractivity contribution is 0.568. The highest BCUT2D eigenvalue weighted by atomic mass is 15.3. The summed E-state index contributed by atoms with van der Waals surface area (Å²) in [5, 5.41) is 11.0. The van der Waals surface area contributed by atoms with Crippen molar-refractivity contribution in [1.82, 2.24) is 20.2 Å². The third-order valence-electron chi connectivity index (χ3n) is 2.65. The summed E-state index contributed by atoms with van der Waals surface area (Å²) in [6.45, 7) is 9.03. The second-order valence-corrected chi connectivity index (χ2v) is 5.41. The molecule has 0 aliphatic rings. The summed E-state index contributed by atoms with van der Waals surface area (Å²) in [6.07, 6.45) is 1.90. The van der Waals surface area contributed by atoms with E-state index in [1.54, 1.807) is 0 Å². The number of aromatic amines is 1. The largest absolute Gasteiger partial charge is 0.350 e. The van der Waals surface area contributed by atoms with Gasteiger partial charge in [-0.25, -0.2) is 0 Å². The van der Waals surface area contributed by atoms with Gasteiger partial charge in [0.05, 0.1) is 0 Å². The summed E-state index contributed by atoms with van der Waals surface area (Å²) in [5.74, 6) is 1.49. The van der Waals surface area contributed by atoms with Gasteiger partial charge in [-0.05, 0) is 18.6 Å². The van der Waals surface area contributed by atoms with Gasteiger partial charge in [0.1, 0.15) is 5.82 Å². The fraction of sp³-hybridized carbons (Fsp3) is 0.462. The lowest BCUT2D eigenvalue weighted by Gasteiger charge is -2.17. The molecule has 18 heavy (non-hydrogen) atoms. The molecule has 0 radical (unpaired) electrons. The van der Waals surface area contributed by atoms with Crippen LogP contribution in [0.3, 0.4) is 0 Å². The first-order valence-corrected chi connectivity index (χ1v) is 6.04. The van der Waals surface area contributed by atoms with E-state index in [1.807, 2.05) is 13.1 Å². The summed E-state index contributed by atoms with van der Waals surface area (Å²) in [7, 11) is 0. The zero-order valence-corrected chi connectivity index (χ0v) is 11.3. The van der Waals surface area contributed by atoms with E-state index in [9.17, 15) is 0 Å². The quantitative estimate of drug-likeness (QED) is 0.871. The maximum absolute atomic E-state index is 4.48. The standard InChI is InChI=1S/C13H19N5/c1-9-16-12(18-17-9)15-8-10-5-6-11(14-7-10)13(2,3)4/h5-7H,8H2,1-4H3,(H2,15,16,17,18). The Hall–Kier alpha value is -1.91. The van der Waals surface area contributed by atoms with Crippen molar-refractivity contribution >= 4 is 5.95 Å². The SMILES string of the molecule is Cc1nnc(NCc2ccc(C(C)(C)C)nc2)[nH]1. The van der Waals surface area contributed by atoms with Crippen LogP contribution in [-0.4, -0.2) is 20.2 Å². The summed E-state index contributed by atoms with van der Waals surface area (Å²) in [5.41, 5.74) is 2.31. The lowest BCUT2D eigenvalue weighted by Crippen LogP contribution is -2.13. The maximum Gasteiger partial charge on any atom is 0.222 e. The van der Waals surface area contributed by atoms with Crippen molar-refractivity contribution in [2.45, 2.75) is 39.7 Å². The van der Waals surface area contributed by atoms with E-state index in [2.05, 4.69) is 58.4 Å². The van der Waals surface area contributed by atoms with Gasteiger partial charge in [-0.3, -0.25) is 4.98 Å². The molecule has 2 aromatic rings. The minimum absolute atomic E-state index is 0.0913. The number of hydrogen-bond acceptors (Lipinski definition) is 4. The molecule has 2 aromatic heterocycles. The second kappa shape index (κ2) is 4.76. The fourth-order valence-electron chi connectivity index (χ4n) is 1.58. The lowest BCUT2D eigenvalue weighted by atomic mass is 9.91. The van der Waals surface area contributed by atoms with Gasteiger partial charge in [-0.15, -0.1) is 10.2 Å². The first kappa shape index (κ1) is 12.5. The number of pyridine rings is 1. The molecule has 2 N–H and O–H groups in total. The average Bonchev–Trinajstić information content (AvgIpc) is 2.72. The van der Waals surface area contributed by atoms with E-state index in [4.69, 9.17) is 0 Å². The van der Waals surface area contributed by atoms with Crippen LogP contribution in [0.25, 0.3) is 0 Å². The zero-order chi connectivity index (χ0) is 13.2. The Balaban J connectivity index is 1.98. The first-order valence-electron chi connectivity index (χ1n) is 6.04. The molecular formula is C13H19N5. The number of H-pyrrole nitrogens is 1. The summed E-state index contributed by atoms with van der Waals surface area (Å²) in [4.78, 5) is 7.51. The predicted octanol–water partition coefficient (Wildman–Crippen LogP) is 2.42. The van der Waals surface area contributed by atoms with E-state index >= 15 is 0 Å². The van der Waals surface area contributed by atoms with Crippen LogP contribution in [0.1, 0.15) is 37.9 Å². The maximum atomic E-state index is 4.48. The molecule has 0 spiro atoms. The van der Waals surface area contributed by atoms with E-state index in [0.29, 0.717) is 12.5 Å². The molecule has 2 heterocycles. The second-order valence-electron chi connectivity index (χ2n) is 5.41. The third-order valence-corrected chi connectivity index (χ3v) is 2.65. The van der Waals surface area contributed by atoms with Gasteiger partial charge in [0.25, 0.3) is 0 Å². The van der Waals surface area contributed by atoms with Crippen molar-refractivity contribution in [2.75, 3.05) is 5.32 Å². The number of anilines is 1. The Kier molecular flexibility index (Phi) is 3.32. The van der Waals surface area contributed by atoms with Crippen LogP contribution in [0.4, 0.5) is 5.95 Å². The molecule has 0 saturated heterocycles. The number of rotatable bonds is 3. The van der Waals surface area contributed by atoms with E-state index in [1.165, 1.54) is 0 Å². The molecule has 5 heteroatoms. The topological polar surface area (TPSA) is 66.5 Å². The molecule has 96 valence electrons. The Labute approximate surface area is 107 Å². The van der Waals surface area contributed by atoms with Crippen molar-refractivity contribution in [3.63, 3.8) is 0 Å². The molecule has 0 atom stereocenters. The number of aryl methyl sites for hydroxylation is 1. The fourth-order valence-corrected chi connectivity index (χ4v) is 1.58. The molecule has 0 bridgehead atoms. The number of nitrogens with zero attached hydrogens (tertiary/aromatic N) is 3. The van der Waals surface area contributed by atoms with Gasteiger partial charge in [-0.2, -0.15) is 0 Å². The van der Waals surface area contributed by atoms with Crippen molar-refractivity contribution in [1.29, 1.82) is 0 Å². The van der Waals surface area contributed by atoms with Crippen LogP contribution in [-0.2, 0) is 12.0 Å². The van der Waals surface area contributed by atoms with Gasteiger partial charge in [-0.1, -0.05) is 26.8 Å². The molecule has 0 amide bonds. The minimum atomic E-state index is 0.0913. The summed E-state index contributed by atoms with van der Waals surface area (Å²) < 4.78 is 0. The number of aromatic nitrogens is 4. The van der Waals surface area contributed by atoms with E-state index < -0.39 is 0 Å². The molecule has 0 aromatic carbocycles. The van der Waals surface area contributed by atoms with Crippen LogP contribution >= 0.6 is 0 Å². The highest BCUT2D eigenvalue weighted by Crippen LogP contribution is 2.19. The van der Waals surface area contributed by atoms with Gasteiger partial charge < -0.3 is 10.3 Å². The van der Waals surface area contributed by atoms with E-state index in [-0.39, 0.29) is 5.41 Å². The Bertz CT molecular complexity index is 507. The highest BCUT2D eigenvalue weighted by molar-refractivity contribution is 5.26. The predicted molar refractivity (Wildman–Crippen MR) is 71.4 cm³/mol. The molecule has 2 rings (SSSR count). The molecule has 5 nitrogen and oxygen atoms in total. The molecule has 0 aliphatic heterocycles. The summed E-state index contributed by atoms with van der Waals surface area (Å²) in [6, 6.07) is 4.16. The Morgan fingerprint density at radius 3 is 2.50 bits per heavy atom. The van der Waals surface area contributed by atoms with Gasteiger partial charge in [0.15, 0.2) is 0 Å². The number of nitrogens with one attached hydrogen (secondary N) is 2. The molecule has 0 saturated carbocycles. The Morgan fingerprint density at radius 2 is 2.00 bits per heavy atom. The van der Waals surface area contributed by atoms with Crippen molar-refractivity contribution in [3.8, 4) is 0 Å². The minimum Gasteiger partial charge on any atom is -0.350 e. The van der Waals surface area contributed by atoms with Crippen molar-refractivity contribution in [2.24, 2.45) is 0 Å². The molecule has 0 unspecified atom stereocenters. The smallest absolute Gasteiger partial charge is 0.222 e. The van der Waals surface area contributed by atoms with Gasteiger partial charge in [0, 0.05) is 23.9 Å². The monoisotopic (exact) mass is 245 g/mol. The van der Waals surface area contributed by atoms with Crippen LogP contribution in [0.2, 0.25) is 0 Å². The van der Waals surface area contributed by atoms with Gasteiger partial charge >= 0.3 is 0 Å².